The van der Waals surface area contributed by atoms with Gasteiger partial charge in [0, 0.05) is 20.1 Å². The number of amides is 1. The molecule has 0 aliphatic rings. The predicted octanol–water partition coefficient (Wildman–Crippen LogP) is 0.392. The Morgan fingerprint density at radius 2 is 1.96 bits per heavy atom. The summed E-state index contributed by atoms with van der Waals surface area (Å²) in [5.74, 6) is -0.261. The zero-order valence-corrected chi connectivity index (χ0v) is 14.3. The molecule has 0 saturated heterocycles. The largest absolute Gasteiger partial charge is 0.352 e. The molecule has 2 rings (SSSR count). The molecule has 0 aliphatic heterocycles. The molecule has 1 amide bonds. The van der Waals surface area contributed by atoms with Gasteiger partial charge in [0.05, 0.1) is 0 Å². The van der Waals surface area contributed by atoms with Gasteiger partial charge in [-0.3, -0.25) is 23.3 Å². The van der Waals surface area contributed by atoms with E-state index in [1.54, 1.807) is 0 Å². The number of aromatic nitrogens is 4. The molecule has 8 nitrogen and oxygen atoms in total. The van der Waals surface area contributed by atoms with Gasteiger partial charge in [0.25, 0.3) is 5.56 Å². The Kier molecular flexibility index (Phi) is 4.93. The number of carbonyl (C=O) groups is 1. The summed E-state index contributed by atoms with van der Waals surface area (Å²) in [6.45, 7) is 3.82. The highest BCUT2D eigenvalue weighted by Crippen LogP contribution is 2.15. The van der Waals surface area contributed by atoms with Gasteiger partial charge in [-0.15, -0.1) is 0 Å². The molecule has 1 atom stereocenters. The first-order chi connectivity index (χ1) is 10.8. The second-order valence-electron chi connectivity index (χ2n) is 5.60. The van der Waals surface area contributed by atoms with E-state index in [1.807, 2.05) is 13.8 Å². The maximum Gasteiger partial charge on any atom is 0.332 e. The predicted molar refractivity (Wildman–Crippen MR) is 87.7 cm³/mol. The van der Waals surface area contributed by atoms with Crippen LogP contribution in [0.1, 0.15) is 26.7 Å². The minimum atomic E-state index is -0.531. The molecule has 9 heteroatoms. The van der Waals surface area contributed by atoms with Gasteiger partial charge in [-0.2, -0.15) is 4.98 Å². The molecule has 0 aromatic carbocycles. The topological polar surface area (TPSA) is 90.9 Å². The van der Waals surface area contributed by atoms with Crippen molar-refractivity contribution in [3.05, 3.63) is 26.1 Å². The van der Waals surface area contributed by atoms with Crippen molar-refractivity contribution in [1.82, 2.24) is 24.0 Å². The van der Waals surface area contributed by atoms with Gasteiger partial charge in [-0.05, 0) is 24.9 Å². The number of nitrogens with one attached hydrogen (secondary N) is 1. The average Bonchev–Trinajstić information content (AvgIpc) is 2.80. The molecule has 1 N–H and O–H groups in total. The number of imidazole rings is 1. The average molecular weight is 342 g/mol. The molecule has 2 heterocycles. The smallest absolute Gasteiger partial charge is 0.332 e. The summed E-state index contributed by atoms with van der Waals surface area (Å²) in [7, 11) is 2.87. The summed E-state index contributed by atoms with van der Waals surface area (Å²) in [6.07, 6.45) is 1.82. The van der Waals surface area contributed by atoms with Crippen molar-refractivity contribution in [3.8, 4) is 0 Å². The summed E-state index contributed by atoms with van der Waals surface area (Å²) in [5, 5.41) is 2.84. The van der Waals surface area contributed by atoms with E-state index < -0.39 is 11.2 Å². The molecular formula is C14H20ClN5O3. The number of aryl methyl sites for hydroxylation is 1. The van der Waals surface area contributed by atoms with Gasteiger partial charge in [0.1, 0.15) is 6.54 Å². The lowest BCUT2D eigenvalue weighted by Gasteiger charge is -2.13. The maximum absolute atomic E-state index is 12.3. The number of carbonyl (C=O) groups excluding carboxylic acids is 1. The van der Waals surface area contributed by atoms with Crippen LogP contribution in [0, 0.1) is 0 Å². The van der Waals surface area contributed by atoms with E-state index in [0.717, 1.165) is 17.4 Å². The summed E-state index contributed by atoms with van der Waals surface area (Å²) in [6, 6.07) is 0.0354. The summed E-state index contributed by atoms with van der Waals surface area (Å²) in [4.78, 5) is 40.4. The van der Waals surface area contributed by atoms with Crippen molar-refractivity contribution in [2.75, 3.05) is 0 Å². The molecule has 0 saturated carbocycles. The summed E-state index contributed by atoms with van der Waals surface area (Å²) < 4.78 is 3.53. The Hall–Kier alpha value is -2.09. The summed E-state index contributed by atoms with van der Waals surface area (Å²) in [5.41, 5.74) is -0.725. The van der Waals surface area contributed by atoms with Crippen LogP contribution in [0.3, 0.4) is 0 Å². The van der Waals surface area contributed by atoms with E-state index in [1.165, 1.54) is 23.2 Å². The number of hydrogen-bond donors (Lipinski definition) is 1. The number of halogens is 1. The van der Waals surface area contributed by atoms with Gasteiger partial charge in [0.2, 0.25) is 11.2 Å². The quantitative estimate of drug-likeness (QED) is 0.796. The lowest BCUT2D eigenvalue weighted by molar-refractivity contribution is -0.122. The van der Waals surface area contributed by atoms with Crippen LogP contribution in [0.4, 0.5) is 0 Å². The first-order valence-corrected chi connectivity index (χ1v) is 7.76. The van der Waals surface area contributed by atoms with Crippen molar-refractivity contribution >= 4 is 28.7 Å². The fourth-order valence-corrected chi connectivity index (χ4v) is 2.76. The number of hydrogen-bond acceptors (Lipinski definition) is 4. The molecule has 0 unspecified atom stereocenters. The van der Waals surface area contributed by atoms with Gasteiger partial charge in [-0.1, -0.05) is 13.3 Å². The zero-order chi connectivity index (χ0) is 17.3. The molecular weight excluding hydrogens is 322 g/mol. The van der Waals surface area contributed by atoms with Gasteiger partial charge in [0.15, 0.2) is 11.2 Å². The third-order valence-corrected chi connectivity index (χ3v) is 4.02. The van der Waals surface area contributed by atoms with Crippen molar-refractivity contribution in [2.24, 2.45) is 14.1 Å². The van der Waals surface area contributed by atoms with Crippen LogP contribution in [0.15, 0.2) is 9.59 Å². The number of fused-ring (bicyclic) bond motifs is 1. The normalized spacial score (nSPS) is 12.6. The zero-order valence-electron chi connectivity index (χ0n) is 13.6. The number of nitrogens with zero attached hydrogens (tertiary/aromatic N) is 4. The van der Waals surface area contributed by atoms with Crippen molar-refractivity contribution < 1.29 is 4.79 Å². The monoisotopic (exact) mass is 341 g/mol. The second kappa shape index (κ2) is 6.57. The molecule has 0 spiro atoms. The SMILES string of the molecule is CCC[C@@H](C)NC(=O)Cn1c(Cl)nc2c1c(=O)n(C)c(=O)n2C. The standard InChI is InChI=1S/C14H20ClN5O3/c1-5-6-8(2)16-9(21)7-20-10-11(17-13(20)15)18(3)14(23)19(4)12(10)22/h8H,5-7H2,1-4H3,(H,16,21)/t8-/m1/s1. The van der Waals surface area contributed by atoms with Crippen LogP contribution in [0.2, 0.25) is 5.28 Å². The molecule has 0 aliphatic carbocycles. The lowest BCUT2D eigenvalue weighted by atomic mass is 10.2. The Balaban J connectivity index is 2.46. The van der Waals surface area contributed by atoms with E-state index in [-0.39, 0.29) is 34.9 Å². The fourth-order valence-electron chi connectivity index (χ4n) is 2.53. The fraction of sp³-hybridized carbons (Fsp3) is 0.571. The summed E-state index contributed by atoms with van der Waals surface area (Å²) >= 11 is 6.07. The molecule has 0 radical (unpaired) electrons. The van der Waals surface area contributed by atoms with Crippen LogP contribution in [-0.2, 0) is 25.4 Å². The highest BCUT2D eigenvalue weighted by molar-refractivity contribution is 6.29. The van der Waals surface area contributed by atoms with Crippen molar-refractivity contribution in [1.29, 1.82) is 0 Å². The third kappa shape index (κ3) is 3.17. The van der Waals surface area contributed by atoms with Crippen molar-refractivity contribution in [3.63, 3.8) is 0 Å². The Bertz CT molecular complexity index is 864. The molecule has 0 fully saturated rings. The van der Waals surface area contributed by atoms with Crippen LogP contribution in [-0.4, -0.2) is 30.6 Å². The lowest BCUT2D eigenvalue weighted by Crippen LogP contribution is -2.39. The van der Waals surface area contributed by atoms with Gasteiger partial charge in [-0.25, -0.2) is 4.79 Å². The second-order valence-corrected chi connectivity index (χ2v) is 5.94. The molecule has 2 aromatic heterocycles. The van der Waals surface area contributed by atoms with Crippen LogP contribution < -0.4 is 16.6 Å². The van der Waals surface area contributed by atoms with Gasteiger partial charge >= 0.3 is 5.69 Å². The van der Waals surface area contributed by atoms with E-state index in [4.69, 9.17) is 11.6 Å². The minimum Gasteiger partial charge on any atom is -0.352 e. The third-order valence-electron chi connectivity index (χ3n) is 3.73. The van der Waals surface area contributed by atoms with E-state index in [2.05, 4.69) is 10.3 Å². The molecule has 126 valence electrons. The Labute approximate surface area is 137 Å². The van der Waals surface area contributed by atoms with Crippen LogP contribution in [0.25, 0.3) is 11.2 Å². The van der Waals surface area contributed by atoms with E-state index >= 15 is 0 Å². The first-order valence-electron chi connectivity index (χ1n) is 7.39. The molecule has 2 aromatic rings. The van der Waals surface area contributed by atoms with Crippen LogP contribution >= 0.6 is 11.6 Å². The van der Waals surface area contributed by atoms with Gasteiger partial charge < -0.3 is 5.32 Å². The highest BCUT2D eigenvalue weighted by atomic mass is 35.5. The van der Waals surface area contributed by atoms with E-state index in [9.17, 15) is 14.4 Å². The molecule has 0 bridgehead atoms. The number of rotatable bonds is 5. The first kappa shape index (κ1) is 17.3. The van der Waals surface area contributed by atoms with Crippen molar-refractivity contribution in [2.45, 2.75) is 39.3 Å². The molecule has 23 heavy (non-hydrogen) atoms. The van der Waals surface area contributed by atoms with Crippen LogP contribution in [0.5, 0.6) is 0 Å². The Morgan fingerprint density at radius 1 is 1.30 bits per heavy atom. The van der Waals surface area contributed by atoms with E-state index in [0.29, 0.717) is 0 Å². The minimum absolute atomic E-state index is 0.00315. The Morgan fingerprint density at radius 3 is 2.57 bits per heavy atom. The maximum atomic E-state index is 12.3. The highest BCUT2D eigenvalue weighted by Gasteiger charge is 2.20.